The Hall–Kier alpha value is -3.47. The summed E-state index contributed by atoms with van der Waals surface area (Å²) in [4.78, 5) is 14.6. The van der Waals surface area contributed by atoms with Gasteiger partial charge >= 0.3 is 0 Å². The zero-order chi connectivity index (χ0) is 16.8. The molecule has 5 aromatic rings. The second kappa shape index (κ2) is 5.27. The van der Waals surface area contributed by atoms with E-state index in [0.29, 0.717) is 0 Å². The lowest BCUT2D eigenvalue weighted by Crippen LogP contribution is -1.86. The number of H-pyrrole nitrogens is 2. The molecule has 0 spiro atoms. The maximum atomic E-state index is 13.1. The Balaban J connectivity index is 1.68. The monoisotopic (exact) mass is 328 g/mol. The number of benzene rings is 1. The fourth-order valence-electron chi connectivity index (χ4n) is 3.17. The summed E-state index contributed by atoms with van der Waals surface area (Å²) in [6.45, 7) is 0. The Morgan fingerprint density at radius 2 is 1.68 bits per heavy atom. The summed E-state index contributed by atoms with van der Waals surface area (Å²) < 4.78 is 13.1. The molecule has 1 aromatic carbocycles. The number of aromatic amines is 2. The van der Waals surface area contributed by atoms with Crippen LogP contribution < -0.4 is 0 Å². The molecule has 25 heavy (non-hydrogen) atoms. The molecule has 4 heterocycles. The Morgan fingerprint density at radius 1 is 0.800 bits per heavy atom. The van der Waals surface area contributed by atoms with Gasteiger partial charge in [0.2, 0.25) is 5.95 Å². The molecule has 0 unspecified atom stereocenters. The molecular formula is C20H13FN4. The molecule has 0 saturated carbocycles. The first-order chi connectivity index (χ1) is 12.3. The minimum atomic E-state index is -0.486. The van der Waals surface area contributed by atoms with E-state index in [1.807, 2.05) is 12.4 Å². The van der Waals surface area contributed by atoms with Crippen LogP contribution in [0, 0.1) is 5.95 Å². The van der Waals surface area contributed by atoms with Crippen molar-refractivity contribution in [1.82, 2.24) is 19.9 Å². The fraction of sp³-hybridized carbons (Fsp3) is 0. The lowest BCUT2D eigenvalue weighted by Gasteiger charge is -2.04. The van der Waals surface area contributed by atoms with E-state index in [1.165, 1.54) is 17.6 Å². The Morgan fingerprint density at radius 3 is 2.56 bits per heavy atom. The molecule has 4 nitrogen and oxygen atoms in total. The number of rotatable bonds is 2. The van der Waals surface area contributed by atoms with Gasteiger partial charge in [-0.05, 0) is 47.3 Å². The number of pyridine rings is 2. The maximum absolute atomic E-state index is 13.1. The predicted molar refractivity (Wildman–Crippen MR) is 96.6 cm³/mol. The Kier molecular flexibility index (Phi) is 2.94. The highest BCUT2D eigenvalue weighted by Crippen LogP contribution is 2.32. The number of hydrogen-bond acceptors (Lipinski definition) is 2. The van der Waals surface area contributed by atoms with Gasteiger partial charge in [0.15, 0.2) is 0 Å². The Bertz CT molecular complexity index is 1200. The van der Waals surface area contributed by atoms with Crippen LogP contribution >= 0.6 is 0 Å². The van der Waals surface area contributed by atoms with E-state index in [2.05, 4.69) is 50.3 Å². The lowest BCUT2D eigenvalue weighted by molar-refractivity contribution is 0.584. The van der Waals surface area contributed by atoms with Crippen molar-refractivity contribution in [3.8, 4) is 22.3 Å². The summed E-state index contributed by atoms with van der Waals surface area (Å²) in [5, 5.41) is 2.19. The second-order valence-corrected chi connectivity index (χ2v) is 5.97. The molecule has 0 fully saturated rings. The first-order valence-electron chi connectivity index (χ1n) is 7.94. The highest BCUT2D eigenvalue weighted by Gasteiger charge is 2.10. The summed E-state index contributed by atoms with van der Waals surface area (Å²) in [5.41, 5.74) is 5.88. The summed E-state index contributed by atoms with van der Waals surface area (Å²) in [5.74, 6) is -0.486. The van der Waals surface area contributed by atoms with Gasteiger partial charge in [-0.25, -0.2) is 9.97 Å². The minimum absolute atomic E-state index is 0.486. The van der Waals surface area contributed by atoms with Crippen molar-refractivity contribution in [2.45, 2.75) is 0 Å². The Labute approximate surface area is 142 Å². The van der Waals surface area contributed by atoms with Crippen molar-refractivity contribution in [3.63, 3.8) is 0 Å². The van der Waals surface area contributed by atoms with E-state index in [9.17, 15) is 4.39 Å². The van der Waals surface area contributed by atoms with Crippen LogP contribution in [-0.4, -0.2) is 19.9 Å². The molecule has 0 amide bonds. The van der Waals surface area contributed by atoms with Crippen LogP contribution in [0.1, 0.15) is 0 Å². The van der Waals surface area contributed by atoms with Crippen molar-refractivity contribution in [2.75, 3.05) is 0 Å². The molecule has 120 valence electrons. The van der Waals surface area contributed by atoms with Gasteiger partial charge in [0.1, 0.15) is 5.65 Å². The van der Waals surface area contributed by atoms with Crippen LogP contribution in [0.25, 0.3) is 44.2 Å². The van der Waals surface area contributed by atoms with Crippen molar-refractivity contribution >= 4 is 21.9 Å². The molecule has 0 aliphatic carbocycles. The summed E-state index contributed by atoms with van der Waals surface area (Å²) >= 11 is 0. The highest BCUT2D eigenvalue weighted by molar-refractivity contribution is 5.98. The minimum Gasteiger partial charge on any atom is -0.361 e. The second-order valence-electron chi connectivity index (χ2n) is 5.97. The van der Waals surface area contributed by atoms with Crippen LogP contribution in [0.5, 0.6) is 0 Å². The largest absolute Gasteiger partial charge is 0.361 e. The SMILES string of the molecule is Fc1ccc(-c2cnc3[nH]cc(-c4ccc5[nH]ccc5c4)c3c2)cn1. The number of nitrogens with zero attached hydrogens (tertiary/aromatic N) is 2. The van der Waals surface area contributed by atoms with Crippen LogP contribution in [-0.2, 0) is 0 Å². The molecule has 4 aromatic heterocycles. The van der Waals surface area contributed by atoms with Gasteiger partial charge in [0.25, 0.3) is 0 Å². The lowest BCUT2D eigenvalue weighted by atomic mass is 10.0. The quantitative estimate of drug-likeness (QED) is 0.452. The van der Waals surface area contributed by atoms with E-state index >= 15 is 0 Å². The molecule has 5 heteroatoms. The molecule has 0 saturated heterocycles. The third-order valence-electron chi connectivity index (χ3n) is 4.46. The van der Waals surface area contributed by atoms with E-state index in [-0.39, 0.29) is 0 Å². The average molecular weight is 328 g/mol. The first-order valence-corrected chi connectivity index (χ1v) is 7.94. The standard InChI is InChI=1S/C20H13FN4/c21-19-4-2-14(9-23-19)15-8-16-17(11-25-20(16)24-10-15)12-1-3-18-13(7-12)5-6-22-18/h1-11,22H,(H,24,25). The third-order valence-corrected chi connectivity index (χ3v) is 4.46. The molecule has 2 N–H and O–H groups in total. The summed E-state index contributed by atoms with van der Waals surface area (Å²) in [6.07, 6.45) is 7.20. The molecule has 0 aliphatic heterocycles. The van der Waals surface area contributed by atoms with Gasteiger partial charge < -0.3 is 9.97 Å². The van der Waals surface area contributed by atoms with Crippen molar-refractivity contribution in [3.05, 3.63) is 73.2 Å². The molecule has 0 atom stereocenters. The van der Waals surface area contributed by atoms with Crippen LogP contribution in [0.3, 0.4) is 0 Å². The topological polar surface area (TPSA) is 57.4 Å². The van der Waals surface area contributed by atoms with Gasteiger partial charge in [-0.15, -0.1) is 0 Å². The highest BCUT2D eigenvalue weighted by atomic mass is 19.1. The molecule has 0 bridgehead atoms. The normalized spacial score (nSPS) is 11.4. The number of hydrogen-bond donors (Lipinski definition) is 2. The molecule has 5 rings (SSSR count). The van der Waals surface area contributed by atoms with E-state index in [1.54, 1.807) is 12.3 Å². The van der Waals surface area contributed by atoms with Crippen LogP contribution in [0.4, 0.5) is 4.39 Å². The van der Waals surface area contributed by atoms with Crippen molar-refractivity contribution in [2.24, 2.45) is 0 Å². The number of aromatic nitrogens is 4. The van der Waals surface area contributed by atoms with Crippen LogP contribution in [0.2, 0.25) is 0 Å². The van der Waals surface area contributed by atoms with Gasteiger partial charge in [-0.2, -0.15) is 4.39 Å². The predicted octanol–water partition coefficient (Wildman–Crippen LogP) is 4.91. The zero-order valence-corrected chi connectivity index (χ0v) is 13.1. The maximum Gasteiger partial charge on any atom is 0.212 e. The van der Waals surface area contributed by atoms with Crippen molar-refractivity contribution < 1.29 is 4.39 Å². The fourth-order valence-corrected chi connectivity index (χ4v) is 3.17. The van der Waals surface area contributed by atoms with E-state index < -0.39 is 5.95 Å². The molecule has 0 radical (unpaired) electrons. The number of nitrogens with one attached hydrogen (secondary N) is 2. The van der Waals surface area contributed by atoms with Crippen LogP contribution in [0.15, 0.2) is 67.3 Å². The first kappa shape index (κ1) is 13.9. The van der Waals surface area contributed by atoms with Gasteiger partial charge in [0, 0.05) is 52.4 Å². The zero-order valence-electron chi connectivity index (χ0n) is 13.1. The third kappa shape index (κ3) is 2.29. The smallest absolute Gasteiger partial charge is 0.212 e. The number of halogens is 1. The van der Waals surface area contributed by atoms with Gasteiger partial charge in [-0.3, -0.25) is 0 Å². The van der Waals surface area contributed by atoms with E-state index in [0.717, 1.165) is 38.8 Å². The average Bonchev–Trinajstić information content (AvgIpc) is 3.27. The van der Waals surface area contributed by atoms with Gasteiger partial charge in [0.05, 0.1) is 0 Å². The molecule has 0 aliphatic rings. The number of fused-ring (bicyclic) bond motifs is 2. The molecular weight excluding hydrogens is 315 g/mol. The van der Waals surface area contributed by atoms with E-state index in [4.69, 9.17) is 0 Å². The van der Waals surface area contributed by atoms with Gasteiger partial charge in [-0.1, -0.05) is 6.07 Å². The van der Waals surface area contributed by atoms with Crippen molar-refractivity contribution in [1.29, 1.82) is 0 Å². The summed E-state index contributed by atoms with van der Waals surface area (Å²) in [6, 6.07) is 13.5. The summed E-state index contributed by atoms with van der Waals surface area (Å²) in [7, 11) is 0.